The molecule has 1 saturated carbocycles. The fourth-order valence-electron chi connectivity index (χ4n) is 5.68. The second-order valence-electron chi connectivity index (χ2n) is 12.9. The number of imidazole rings is 1. The Morgan fingerprint density at radius 1 is 1.33 bits per heavy atom. The van der Waals surface area contributed by atoms with Crippen molar-refractivity contribution in [2.75, 3.05) is 13.1 Å². The van der Waals surface area contributed by atoms with Crippen molar-refractivity contribution >= 4 is 34.2 Å². The van der Waals surface area contributed by atoms with Crippen LogP contribution in [0.2, 0.25) is 0 Å². The largest absolute Gasteiger partial charge is 0.443 e. The van der Waals surface area contributed by atoms with Gasteiger partial charge in [-0.15, -0.1) is 11.3 Å². The van der Waals surface area contributed by atoms with E-state index in [2.05, 4.69) is 33.3 Å². The lowest BCUT2D eigenvalue weighted by molar-refractivity contribution is -0.127. The summed E-state index contributed by atoms with van der Waals surface area (Å²) < 4.78 is 7.34. The molecule has 0 unspecified atom stereocenters. The minimum Gasteiger partial charge on any atom is -0.443 e. The summed E-state index contributed by atoms with van der Waals surface area (Å²) in [4.78, 5) is 41.8. The fraction of sp³-hybridized carbons (Fsp3) is 0.424. The number of carbonyl (C=O) groups is 2. The summed E-state index contributed by atoms with van der Waals surface area (Å²) in [5.41, 5.74) is 2.34. The number of nitrogens with zero attached hydrogens (tertiary/aromatic N) is 5. The van der Waals surface area contributed by atoms with Crippen molar-refractivity contribution in [2.24, 2.45) is 10.4 Å². The molecule has 2 fully saturated rings. The minimum absolute atomic E-state index is 0.0669. The number of thiophene rings is 1. The molecular formula is C33H37N7O4S. The molecule has 0 bridgehead atoms. The highest BCUT2D eigenvalue weighted by molar-refractivity contribution is 7.17. The van der Waals surface area contributed by atoms with E-state index in [1.54, 1.807) is 31.0 Å². The maximum absolute atomic E-state index is 13.6. The Kier molecular flexibility index (Phi) is 8.35. The second kappa shape index (κ2) is 12.2. The van der Waals surface area contributed by atoms with Crippen LogP contribution >= 0.6 is 11.3 Å². The third-order valence-corrected chi connectivity index (χ3v) is 9.44. The average molecular weight is 628 g/mol. The van der Waals surface area contributed by atoms with E-state index < -0.39 is 11.5 Å². The molecule has 4 heterocycles. The molecule has 2 aliphatic rings. The van der Waals surface area contributed by atoms with Crippen molar-refractivity contribution in [2.45, 2.75) is 71.2 Å². The maximum atomic E-state index is 13.6. The molecule has 4 aromatic rings. The smallest absolute Gasteiger partial charge is 0.290 e. The first-order valence-electron chi connectivity index (χ1n) is 15.2. The highest BCUT2D eigenvalue weighted by Crippen LogP contribution is 2.47. The molecule has 11 nitrogen and oxygen atoms in total. The Morgan fingerprint density at radius 2 is 2.16 bits per heavy atom. The molecule has 2 amide bonds. The van der Waals surface area contributed by atoms with Gasteiger partial charge < -0.3 is 29.3 Å². The Bertz CT molecular complexity index is 1860. The summed E-state index contributed by atoms with van der Waals surface area (Å²) in [5, 5.41) is 23.2. The standard InChI is InChI=1S/C33H37N7O4S/c1-32(2,43)19-35-16-21-6-7-25-24(13-21)37-31(38-29(41)28-9-8-27(45-28)26-17-36-20-44-26)40(25)18-23-5-4-12-39(23)30(42)22(15-34)14-33(3)10-11-33/h6-9,13-14,17,20,23,35,43H,4-5,10-12,16,18-19H2,1-3H3,(H,37,38,41)/b22-14+/t23-/m1/s1. The third-order valence-electron chi connectivity index (χ3n) is 8.35. The summed E-state index contributed by atoms with van der Waals surface area (Å²) in [6.07, 6.45) is 8.36. The highest BCUT2D eigenvalue weighted by Gasteiger charge is 2.38. The topological polar surface area (TPSA) is 153 Å². The van der Waals surface area contributed by atoms with Crippen LogP contribution in [0.3, 0.4) is 0 Å². The molecule has 234 valence electrons. The van der Waals surface area contributed by atoms with E-state index >= 15 is 0 Å². The first kappa shape index (κ1) is 30.7. The number of benzene rings is 1. The number of aromatic nitrogens is 3. The quantitative estimate of drug-likeness (QED) is 0.173. The third kappa shape index (κ3) is 7.01. The molecule has 45 heavy (non-hydrogen) atoms. The average Bonchev–Trinajstić information content (AvgIpc) is 3.56. The Labute approximate surface area is 264 Å². The van der Waals surface area contributed by atoms with E-state index in [0.717, 1.165) is 47.2 Å². The molecule has 1 aromatic carbocycles. The summed E-state index contributed by atoms with van der Waals surface area (Å²) in [5.74, 6) is -0.0513. The molecule has 12 heteroatoms. The molecule has 3 aromatic heterocycles. The van der Waals surface area contributed by atoms with E-state index in [-0.39, 0.29) is 22.9 Å². The highest BCUT2D eigenvalue weighted by atomic mass is 32.1. The number of nitrogens with one attached hydrogen (secondary N) is 2. The Hall–Kier alpha value is -4.31. The lowest BCUT2D eigenvalue weighted by Gasteiger charge is -2.25. The van der Waals surface area contributed by atoms with Gasteiger partial charge in [0.2, 0.25) is 5.62 Å². The van der Waals surface area contributed by atoms with Gasteiger partial charge in [0.15, 0.2) is 12.2 Å². The molecule has 0 radical (unpaired) electrons. The number of allylic oxidation sites excluding steroid dienone is 1. The van der Waals surface area contributed by atoms with Gasteiger partial charge in [0, 0.05) is 26.2 Å². The van der Waals surface area contributed by atoms with Gasteiger partial charge in [-0.05, 0) is 74.8 Å². The van der Waals surface area contributed by atoms with Crippen molar-refractivity contribution in [3.63, 3.8) is 0 Å². The number of fused-ring (bicyclic) bond motifs is 1. The van der Waals surface area contributed by atoms with Crippen LogP contribution in [0.4, 0.5) is 0 Å². The van der Waals surface area contributed by atoms with Gasteiger partial charge in [-0.3, -0.25) is 9.59 Å². The van der Waals surface area contributed by atoms with E-state index in [9.17, 15) is 20.0 Å². The van der Waals surface area contributed by atoms with Crippen LogP contribution in [-0.2, 0) is 17.9 Å². The summed E-state index contributed by atoms with van der Waals surface area (Å²) in [6, 6.07) is 11.5. The Balaban J connectivity index is 1.33. The summed E-state index contributed by atoms with van der Waals surface area (Å²) in [7, 11) is 0. The molecule has 6 rings (SSSR count). The zero-order valence-electron chi connectivity index (χ0n) is 25.7. The number of carbonyl (C=O) groups excluding carboxylic acids is 2. The number of H-pyrrole nitrogens is 1. The molecule has 1 atom stereocenters. The summed E-state index contributed by atoms with van der Waals surface area (Å²) in [6.45, 7) is 7.55. The van der Waals surface area contributed by atoms with Crippen LogP contribution < -0.4 is 10.9 Å². The number of nitriles is 1. The van der Waals surface area contributed by atoms with E-state index in [4.69, 9.17) is 4.42 Å². The van der Waals surface area contributed by atoms with Gasteiger partial charge in [-0.2, -0.15) is 10.3 Å². The predicted molar refractivity (Wildman–Crippen MR) is 170 cm³/mol. The number of aromatic amines is 1. The zero-order valence-corrected chi connectivity index (χ0v) is 26.5. The van der Waals surface area contributed by atoms with Gasteiger partial charge >= 0.3 is 0 Å². The van der Waals surface area contributed by atoms with Crippen molar-refractivity contribution in [1.82, 2.24) is 24.8 Å². The minimum atomic E-state index is -0.831. The number of oxazole rings is 1. The van der Waals surface area contributed by atoms with Crippen molar-refractivity contribution in [3.8, 4) is 16.7 Å². The first-order valence-corrected chi connectivity index (χ1v) is 16.0. The van der Waals surface area contributed by atoms with Crippen LogP contribution in [0, 0.1) is 16.7 Å². The van der Waals surface area contributed by atoms with Gasteiger partial charge in [0.1, 0.15) is 11.6 Å². The monoisotopic (exact) mass is 627 g/mol. The zero-order chi connectivity index (χ0) is 31.8. The SMILES string of the molecule is CC(C)(O)CNCc1ccc2c(c1)[nH]/c(=N\C(=O)c1ccc(-c3cnco3)s1)n2C[C@H]1CCCN1C(=O)/C(C#N)=C/C1(C)CC1. The number of likely N-dealkylation sites (tertiary alicyclic amines) is 1. The summed E-state index contributed by atoms with van der Waals surface area (Å²) >= 11 is 1.28. The van der Waals surface area contributed by atoms with Gasteiger partial charge in [-0.1, -0.05) is 19.1 Å². The molecular weight excluding hydrogens is 590 g/mol. The van der Waals surface area contributed by atoms with Gasteiger partial charge in [0.25, 0.3) is 11.8 Å². The second-order valence-corrected chi connectivity index (χ2v) is 14.0. The Morgan fingerprint density at radius 3 is 2.87 bits per heavy atom. The maximum Gasteiger partial charge on any atom is 0.290 e. The molecule has 3 N–H and O–H groups in total. The number of aliphatic hydroxyl groups is 1. The van der Waals surface area contributed by atoms with Gasteiger partial charge in [-0.25, -0.2) is 4.98 Å². The van der Waals surface area contributed by atoms with Crippen molar-refractivity contribution in [3.05, 3.63) is 70.6 Å². The van der Waals surface area contributed by atoms with E-state index in [1.165, 1.54) is 17.7 Å². The van der Waals surface area contributed by atoms with Gasteiger partial charge in [0.05, 0.1) is 38.6 Å². The van der Waals surface area contributed by atoms with Crippen LogP contribution in [0.15, 0.2) is 64.0 Å². The molecule has 0 spiro atoms. The van der Waals surface area contributed by atoms with Crippen LogP contribution in [0.5, 0.6) is 0 Å². The van der Waals surface area contributed by atoms with Crippen molar-refractivity contribution in [1.29, 1.82) is 5.26 Å². The number of hydrogen-bond donors (Lipinski definition) is 3. The molecule has 1 aliphatic carbocycles. The predicted octanol–water partition coefficient (Wildman–Crippen LogP) is 4.53. The van der Waals surface area contributed by atoms with Crippen LogP contribution in [-0.4, -0.2) is 61.1 Å². The van der Waals surface area contributed by atoms with E-state index in [1.807, 2.05) is 34.9 Å². The molecule has 1 aliphatic heterocycles. The lowest BCUT2D eigenvalue weighted by Crippen LogP contribution is -2.40. The fourth-order valence-corrected chi connectivity index (χ4v) is 6.52. The lowest BCUT2D eigenvalue weighted by atomic mass is 10.0. The number of amides is 2. The van der Waals surface area contributed by atoms with Crippen LogP contribution in [0.25, 0.3) is 21.7 Å². The molecule has 1 saturated heterocycles. The number of hydrogen-bond acceptors (Lipinski definition) is 8. The van der Waals surface area contributed by atoms with E-state index in [0.29, 0.717) is 42.4 Å². The van der Waals surface area contributed by atoms with Crippen molar-refractivity contribution < 1.29 is 19.1 Å². The number of rotatable bonds is 10. The first-order chi connectivity index (χ1) is 21.5. The van der Waals surface area contributed by atoms with Crippen LogP contribution in [0.1, 0.15) is 61.7 Å². The normalized spacial score (nSPS) is 18.5.